The van der Waals surface area contributed by atoms with Crippen LogP contribution in [0.5, 0.6) is 17.2 Å². The van der Waals surface area contributed by atoms with Crippen LogP contribution in [-0.4, -0.2) is 57.4 Å². The predicted molar refractivity (Wildman–Crippen MR) is 136 cm³/mol. The van der Waals surface area contributed by atoms with E-state index in [2.05, 4.69) is 11.0 Å². The van der Waals surface area contributed by atoms with E-state index in [0.717, 1.165) is 40.5 Å². The van der Waals surface area contributed by atoms with Gasteiger partial charge in [-0.05, 0) is 67.2 Å². The van der Waals surface area contributed by atoms with E-state index in [9.17, 15) is 4.79 Å². The van der Waals surface area contributed by atoms with Crippen LogP contribution in [0.3, 0.4) is 0 Å². The lowest BCUT2D eigenvalue weighted by molar-refractivity contribution is 0.0835. The van der Waals surface area contributed by atoms with Gasteiger partial charge in [0.2, 0.25) is 0 Å². The Morgan fingerprint density at radius 1 is 0.686 bits per heavy atom. The Balaban J connectivity index is 1.62. The number of benzene rings is 3. The molecule has 1 amide bonds. The Bertz CT molecular complexity index is 1040. The first-order valence-corrected chi connectivity index (χ1v) is 11.5. The molecule has 0 aromatic heterocycles. The minimum atomic E-state index is -0.416. The van der Waals surface area contributed by atoms with Gasteiger partial charge in [0.05, 0.1) is 14.2 Å². The molecule has 3 aromatic rings. The molecule has 35 heavy (non-hydrogen) atoms. The van der Waals surface area contributed by atoms with Crippen molar-refractivity contribution in [3.05, 3.63) is 89.5 Å². The molecule has 0 unspecified atom stereocenters. The van der Waals surface area contributed by atoms with E-state index in [0.29, 0.717) is 13.1 Å². The van der Waals surface area contributed by atoms with Gasteiger partial charge in [0.15, 0.2) is 0 Å². The molecule has 0 bridgehead atoms. The summed E-state index contributed by atoms with van der Waals surface area (Å²) in [6.07, 6.45) is -0.416. The molecule has 0 aliphatic heterocycles. The second-order valence-electron chi connectivity index (χ2n) is 8.41. The van der Waals surface area contributed by atoms with Gasteiger partial charge < -0.3 is 23.8 Å². The minimum absolute atomic E-state index is 0.142. The van der Waals surface area contributed by atoms with Gasteiger partial charge in [-0.15, -0.1) is 0 Å². The van der Waals surface area contributed by atoms with Gasteiger partial charge in [-0.2, -0.15) is 0 Å². The normalized spacial score (nSPS) is 10.7. The van der Waals surface area contributed by atoms with E-state index in [4.69, 9.17) is 18.9 Å². The quantitative estimate of drug-likeness (QED) is 0.342. The fourth-order valence-corrected chi connectivity index (χ4v) is 3.65. The van der Waals surface area contributed by atoms with Gasteiger partial charge in [0.1, 0.15) is 30.5 Å². The summed E-state index contributed by atoms with van der Waals surface area (Å²) in [6.45, 7) is 1.99. The van der Waals surface area contributed by atoms with Crippen LogP contribution in [0, 0.1) is 0 Å². The fourth-order valence-electron chi connectivity index (χ4n) is 3.65. The number of hydrogen-bond acceptors (Lipinski definition) is 6. The zero-order valence-corrected chi connectivity index (χ0v) is 20.9. The van der Waals surface area contributed by atoms with E-state index >= 15 is 0 Å². The third-order valence-corrected chi connectivity index (χ3v) is 5.25. The van der Waals surface area contributed by atoms with Gasteiger partial charge in [0, 0.05) is 19.6 Å². The molecule has 186 valence electrons. The standard InChI is InChI=1S/C28H34N2O5/c1-29(2)19-22-8-7-13-27(18-22)34-14-15-35-28(31)30(20-23-9-5-11-25(16-23)32-3)21-24-10-6-12-26(17-24)33-4/h5-13,16-18H,14-15,19-21H2,1-4H3. The highest BCUT2D eigenvalue weighted by molar-refractivity contribution is 5.67. The van der Waals surface area contributed by atoms with Gasteiger partial charge >= 0.3 is 6.09 Å². The summed E-state index contributed by atoms with van der Waals surface area (Å²) < 4.78 is 22.0. The first kappa shape index (κ1) is 25.9. The molecular formula is C28H34N2O5. The van der Waals surface area contributed by atoms with Crippen LogP contribution < -0.4 is 14.2 Å². The molecule has 0 spiro atoms. The molecule has 7 heteroatoms. The van der Waals surface area contributed by atoms with Gasteiger partial charge in [-0.3, -0.25) is 4.90 Å². The molecule has 0 aliphatic rings. The van der Waals surface area contributed by atoms with E-state index in [-0.39, 0.29) is 13.2 Å². The minimum Gasteiger partial charge on any atom is -0.497 e. The Labute approximate surface area is 207 Å². The van der Waals surface area contributed by atoms with Crippen molar-refractivity contribution >= 4 is 6.09 Å². The number of carbonyl (C=O) groups is 1. The van der Waals surface area contributed by atoms with Gasteiger partial charge in [-0.1, -0.05) is 36.4 Å². The van der Waals surface area contributed by atoms with Crippen LogP contribution in [0.25, 0.3) is 0 Å². The lowest BCUT2D eigenvalue weighted by atomic mass is 10.1. The lowest BCUT2D eigenvalue weighted by Crippen LogP contribution is -2.31. The summed E-state index contributed by atoms with van der Waals surface area (Å²) in [5.74, 6) is 2.23. The zero-order chi connectivity index (χ0) is 25.0. The second-order valence-corrected chi connectivity index (χ2v) is 8.41. The van der Waals surface area contributed by atoms with E-state index in [1.165, 1.54) is 0 Å². The molecule has 0 aliphatic carbocycles. The molecule has 0 radical (unpaired) electrons. The van der Waals surface area contributed by atoms with Crippen molar-refractivity contribution in [2.75, 3.05) is 41.5 Å². The first-order valence-electron chi connectivity index (χ1n) is 11.5. The van der Waals surface area contributed by atoms with Crippen molar-refractivity contribution < 1.29 is 23.7 Å². The summed E-state index contributed by atoms with van der Waals surface area (Å²) in [4.78, 5) is 16.8. The Hall–Kier alpha value is -3.71. The smallest absolute Gasteiger partial charge is 0.410 e. The average molecular weight is 479 g/mol. The Morgan fingerprint density at radius 2 is 1.17 bits per heavy atom. The SMILES string of the molecule is COc1cccc(CN(Cc2cccc(OC)c2)C(=O)OCCOc2cccc(CN(C)C)c2)c1. The summed E-state index contributed by atoms with van der Waals surface area (Å²) in [5, 5.41) is 0. The van der Waals surface area contributed by atoms with Crippen LogP contribution in [0.4, 0.5) is 4.79 Å². The van der Waals surface area contributed by atoms with E-state index in [1.54, 1.807) is 19.1 Å². The maximum Gasteiger partial charge on any atom is 0.410 e. The molecule has 0 atom stereocenters. The second kappa shape index (κ2) is 13.2. The molecule has 0 fully saturated rings. The molecule has 0 N–H and O–H groups in total. The number of amides is 1. The summed E-state index contributed by atoms with van der Waals surface area (Å²) in [7, 11) is 7.29. The fraction of sp³-hybridized carbons (Fsp3) is 0.321. The van der Waals surface area contributed by atoms with Crippen molar-refractivity contribution in [2.24, 2.45) is 0 Å². The van der Waals surface area contributed by atoms with E-state index in [1.807, 2.05) is 80.8 Å². The number of nitrogens with zero attached hydrogens (tertiary/aromatic N) is 2. The van der Waals surface area contributed by atoms with Crippen molar-refractivity contribution in [3.63, 3.8) is 0 Å². The van der Waals surface area contributed by atoms with Crippen LogP contribution in [-0.2, 0) is 24.4 Å². The molecule has 7 nitrogen and oxygen atoms in total. The van der Waals surface area contributed by atoms with Gasteiger partial charge in [0.25, 0.3) is 0 Å². The number of methoxy groups -OCH3 is 2. The largest absolute Gasteiger partial charge is 0.497 e. The highest BCUT2D eigenvalue weighted by atomic mass is 16.6. The van der Waals surface area contributed by atoms with Crippen molar-refractivity contribution in [1.29, 1.82) is 0 Å². The number of rotatable bonds is 12. The van der Waals surface area contributed by atoms with Gasteiger partial charge in [-0.25, -0.2) is 4.79 Å². The molecule has 3 aromatic carbocycles. The average Bonchev–Trinajstić information content (AvgIpc) is 2.86. The Kier molecular flexibility index (Phi) is 9.80. The third kappa shape index (κ3) is 8.54. The molecule has 0 saturated heterocycles. The van der Waals surface area contributed by atoms with Crippen molar-refractivity contribution in [1.82, 2.24) is 9.80 Å². The zero-order valence-electron chi connectivity index (χ0n) is 20.9. The number of ether oxygens (including phenoxy) is 4. The monoisotopic (exact) mass is 478 g/mol. The first-order chi connectivity index (χ1) is 17.0. The Morgan fingerprint density at radius 3 is 1.69 bits per heavy atom. The maximum atomic E-state index is 13.0. The highest BCUT2D eigenvalue weighted by Crippen LogP contribution is 2.19. The van der Waals surface area contributed by atoms with Crippen molar-refractivity contribution in [3.8, 4) is 17.2 Å². The lowest BCUT2D eigenvalue weighted by Gasteiger charge is -2.23. The molecule has 0 saturated carbocycles. The molecule has 3 rings (SSSR count). The van der Waals surface area contributed by atoms with E-state index < -0.39 is 6.09 Å². The van der Waals surface area contributed by atoms with Crippen LogP contribution >= 0.6 is 0 Å². The highest BCUT2D eigenvalue weighted by Gasteiger charge is 2.17. The molecule has 0 heterocycles. The predicted octanol–water partition coefficient (Wildman–Crippen LogP) is 4.98. The summed E-state index contributed by atoms with van der Waals surface area (Å²) in [5.41, 5.74) is 3.04. The summed E-state index contributed by atoms with van der Waals surface area (Å²) >= 11 is 0. The van der Waals surface area contributed by atoms with Crippen molar-refractivity contribution in [2.45, 2.75) is 19.6 Å². The van der Waals surface area contributed by atoms with Crippen LogP contribution in [0.2, 0.25) is 0 Å². The number of hydrogen-bond donors (Lipinski definition) is 0. The third-order valence-electron chi connectivity index (χ3n) is 5.25. The van der Waals surface area contributed by atoms with Crippen LogP contribution in [0.1, 0.15) is 16.7 Å². The maximum absolute atomic E-state index is 13.0. The van der Waals surface area contributed by atoms with Crippen LogP contribution in [0.15, 0.2) is 72.8 Å². The molecular weight excluding hydrogens is 444 g/mol. The topological polar surface area (TPSA) is 60.5 Å². The number of carbonyl (C=O) groups excluding carboxylic acids is 1. The summed E-state index contributed by atoms with van der Waals surface area (Å²) in [6, 6.07) is 23.2.